The van der Waals surface area contributed by atoms with Gasteiger partial charge in [0, 0.05) is 45.3 Å². The normalized spacial score (nSPS) is 15.9. The third kappa shape index (κ3) is 4.54. The molecule has 2 heterocycles. The molecule has 7 heteroatoms. The molecule has 0 atom stereocenters. The molecule has 0 unspecified atom stereocenters. The summed E-state index contributed by atoms with van der Waals surface area (Å²) in [5.41, 5.74) is 1.49. The second-order valence-electron chi connectivity index (χ2n) is 7.14. The molecule has 1 aliphatic rings. The van der Waals surface area contributed by atoms with E-state index in [4.69, 9.17) is 4.74 Å². The van der Waals surface area contributed by atoms with Gasteiger partial charge in [0.25, 0.3) is 5.56 Å². The second kappa shape index (κ2) is 8.35. The van der Waals surface area contributed by atoms with E-state index in [1.165, 1.54) is 16.3 Å². The summed E-state index contributed by atoms with van der Waals surface area (Å²) < 4.78 is 6.70. The quantitative estimate of drug-likeness (QED) is 0.826. The van der Waals surface area contributed by atoms with Crippen LogP contribution >= 0.6 is 0 Å². The Labute approximate surface area is 158 Å². The van der Waals surface area contributed by atoms with Crippen molar-refractivity contribution in [2.24, 2.45) is 0 Å². The molecule has 27 heavy (non-hydrogen) atoms. The number of nitrogens with one attached hydrogen (secondary N) is 1. The van der Waals surface area contributed by atoms with Gasteiger partial charge in [-0.05, 0) is 18.4 Å². The maximum absolute atomic E-state index is 12.4. The van der Waals surface area contributed by atoms with Crippen molar-refractivity contribution in [1.29, 1.82) is 0 Å². The smallest absolute Gasteiger partial charge is 0.269 e. The van der Waals surface area contributed by atoms with Crippen LogP contribution in [0.15, 0.2) is 47.4 Å². The summed E-state index contributed by atoms with van der Waals surface area (Å²) in [6.07, 6.45) is 3.29. The van der Waals surface area contributed by atoms with Gasteiger partial charge < -0.3 is 15.0 Å². The maximum atomic E-state index is 12.4. The highest BCUT2D eigenvalue weighted by atomic mass is 16.5. The van der Waals surface area contributed by atoms with Crippen molar-refractivity contribution in [3.05, 3.63) is 58.5 Å². The first-order valence-corrected chi connectivity index (χ1v) is 9.15. The number of carbonyl (C=O) groups is 1. The lowest BCUT2D eigenvalue weighted by Crippen LogP contribution is -2.46. The number of carbonyl (C=O) groups excluding carboxylic acids is 1. The SMILES string of the molecule is CN(C)c1cnn(CC(=O)NCC2(c3ccccc3)CCOCC2)c(=O)c1. The van der Waals surface area contributed by atoms with E-state index in [1.54, 1.807) is 11.1 Å². The summed E-state index contributed by atoms with van der Waals surface area (Å²) in [5.74, 6) is -0.219. The molecule has 1 aromatic heterocycles. The van der Waals surface area contributed by atoms with Crippen LogP contribution < -0.4 is 15.8 Å². The molecular weight excluding hydrogens is 344 g/mol. The average Bonchev–Trinajstić information content (AvgIpc) is 2.69. The zero-order valence-corrected chi connectivity index (χ0v) is 15.9. The van der Waals surface area contributed by atoms with Gasteiger partial charge in [-0.3, -0.25) is 9.59 Å². The molecule has 1 N–H and O–H groups in total. The molecule has 0 spiro atoms. The average molecular weight is 370 g/mol. The Balaban J connectivity index is 1.67. The molecule has 3 rings (SSSR count). The predicted molar refractivity (Wildman–Crippen MR) is 104 cm³/mol. The molecule has 7 nitrogen and oxygen atoms in total. The number of benzene rings is 1. The Morgan fingerprint density at radius 2 is 1.96 bits per heavy atom. The summed E-state index contributed by atoms with van der Waals surface area (Å²) in [6.45, 7) is 1.78. The fraction of sp³-hybridized carbons (Fsp3) is 0.450. The van der Waals surface area contributed by atoms with Crippen molar-refractivity contribution < 1.29 is 9.53 Å². The van der Waals surface area contributed by atoms with E-state index in [2.05, 4.69) is 22.5 Å². The molecule has 0 saturated carbocycles. The van der Waals surface area contributed by atoms with Gasteiger partial charge in [-0.1, -0.05) is 30.3 Å². The second-order valence-corrected chi connectivity index (χ2v) is 7.14. The third-order valence-electron chi connectivity index (χ3n) is 5.12. The van der Waals surface area contributed by atoms with Crippen LogP contribution in [-0.2, 0) is 21.5 Å². The molecule has 2 aromatic rings. The van der Waals surface area contributed by atoms with Crippen LogP contribution in [0.2, 0.25) is 0 Å². The summed E-state index contributed by atoms with van der Waals surface area (Å²) >= 11 is 0. The van der Waals surface area contributed by atoms with E-state index >= 15 is 0 Å². The van der Waals surface area contributed by atoms with Gasteiger partial charge in [-0.2, -0.15) is 5.10 Å². The van der Waals surface area contributed by atoms with E-state index in [0.717, 1.165) is 12.8 Å². The minimum absolute atomic E-state index is 0.0894. The minimum atomic E-state index is -0.291. The molecule has 144 valence electrons. The number of amides is 1. The molecule has 1 amide bonds. The number of ether oxygens (including phenoxy) is 1. The Bertz CT molecular complexity index is 827. The van der Waals surface area contributed by atoms with Crippen molar-refractivity contribution in [2.75, 3.05) is 38.8 Å². The molecule has 0 radical (unpaired) electrons. The van der Waals surface area contributed by atoms with E-state index in [9.17, 15) is 9.59 Å². The van der Waals surface area contributed by atoms with Crippen LogP contribution in [0.25, 0.3) is 0 Å². The zero-order valence-electron chi connectivity index (χ0n) is 15.9. The van der Waals surface area contributed by atoms with Crippen molar-refractivity contribution in [3.8, 4) is 0 Å². The van der Waals surface area contributed by atoms with Gasteiger partial charge in [-0.15, -0.1) is 0 Å². The fourth-order valence-electron chi connectivity index (χ4n) is 3.37. The van der Waals surface area contributed by atoms with E-state index in [0.29, 0.717) is 25.4 Å². The Morgan fingerprint density at radius 3 is 2.59 bits per heavy atom. The standard InChI is InChI=1S/C20H26N4O3/c1-23(2)17-12-19(26)24(22-13-17)14-18(25)21-15-20(8-10-27-11-9-20)16-6-4-3-5-7-16/h3-7,12-13H,8-11,14-15H2,1-2H3,(H,21,25). The van der Waals surface area contributed by atoms with Gasteiger partial charge >= 0.3 is 0 Å². The highest BCUT2D eigenvalue weighted by molar-refractivity contribution is 5.75. The maximum Gasteiger partial charge on any atom is 0.269 e. The summed E-state index contributed by atoms with van der Waals surface area (Å²) in [4.78, 5) is 26.4. The third-order valence-corrected chi connectivity index (χ3v) is 5.12. The lowest BCUT2D eigenvalue weighted by atomic mass is 9.74. The highest BCUT2D eigenvalue weighted by Gasteiger charge is 2.34. The number of aromatic nitrogens is 2. The lowest BCUT2D eigenvalue weighted by Gasteiger charge is -2.38. The van der Waals surface area contributed by atoms with Crippen LogP contribution in [-0.4, -0.2) is 49.5 Å². The van der Waals surface area contributed by atoms with Gasteiger partial charge in [0.15, 0.2) is 0 Å². The number of nitrogens with zero attached hydrogens (tertiary/aromatic N) is 3. The lowest BCUT2D eigenvalue weighted by molar-refractivity contribution is -0.122. The Hall–Kier alpha value is -2.67. The first-order chi connectivity index (χ1) is 13.0. The van der Waals surface area contributed by atoms with Crippen LogP contribution in [0.3, 0.4) is 0 Å². The minimum Gasteiger partial charge on any atom is -0.381 e. The van der Waals surface area contributed by atoms with Crippen LogP contribution in [0, 0.1) is 0 Å². The predicted octanol–water partition coefficient (Wildman–Crippen LogP) is 1.17. The monoisotopic (exact) mass is 370 g/mol. The molecule has 1 fully saturated rings. The molecular formula is C20H26N4O3. The van der Waals surface area contributed by atoms with Gasteiger partial charge in [0.05, 0.1) is 11.9 Å². The van der Waals surface area contributed by atoms with Gasteiger partial charge in [0.1, 0.15) is 6.54 Å². The van der Waals surface area contributed by atoms with Crippen molar-refractivity contribution in [2.45, 2.75) is 24.8 Å². The fourth-order valence-corrected chi connectivity index (χ4v) is 3.37. The van der Waals surface area contributed by atoms with Gasteiger partial charge in [0.2, 0.25) is 5.91 Å². The molecule has 1 aromatic carbocycles. The van der Waals surface area contributed by atoms with Crippen LogP contribution in [0.5, 0.6) is 0 Å². The van der Waals surface area contributed by atoms with Crippen LogP contribution in [0.1, 0.15) is 18.4 Å². The number of rotatable bonds is 6. The van der Waals surface area contributed by atoms with E-state index in [1.807, 2.05) is 32.3 Å². The topological polar surface area (TPSA) is 76.5 Å². The van der Waals surface area contributed by atoms with Crippen molar-refractivity contribution in [3.63, 3.8) is 0 Å². The largest absolute Gasteiger partial charge is 0.381 e. The van der Waals surface area contributed by atoms with Crippen molar-refractivity contribution >= 4 is 11.6 Å². The molecule has 0 aliphatic carbocycles. The number of anilines is 1. The summed E-state index contributed by atoms with van der Waals surface area (Å²) in [5, 5.41) is 7.09. The van der Waals surface area contributed by atoms with Gasteiger partial charge in [-0.25, -0.2) is 4.68 Å². The molecule has 1 saturated heterocycles. The van der Waals surface area contributed by atoms with E-state index in [-0.39, 0.29) is 23.4 Å². The first-order valence-electron chi connectivity index (χ1n) is 9.15. The molecule has 1 aliphatic heterocycles. The Kier molecular flexibility index (Phi) is 5.91. The highest BCUT2D eigenvalue weighted by Crippen LogP contribution is 2.34. The number of hydrogen-bond acceptors (Lipinski definition) is 5. The Morgan fingerprint density at radius 1 is 1.26 bits per heavy atom. The summed E-state index contributed by atoms with van der Waals surface area (Å²) in [7, 11) is 3.68. The van der Waals surface area contributed by atoms with Crippen LogP contribution in [0.4, 0.5) is 5.69 Å². The zero-order chi connectivity index (χ0) is 19.3. The van der Waals surface area contributed by atoms with Crippen molar-refractivity contribution in [1.82, 2.24) is 15.1 Å². The number of hydrogen-bond donors (Lipinski definition) is 1. The van der Waals surface area contributed by atoms with E-state index < -0.39 is 0 Å². The summed E-state index contributed by atoms with van der Waals surface area (Å²) in [6, 6.07) is 11.7. The first kappa shape index (κ1) is 19.1. The molecule has 0 bridgehead atoms.